The van der Waals surface area contributed by atoms with Crippen LogP contribution < -0.4 is 44.2 Å². The van der Waals surface area contributed by atoms with Crippen molar-refractivity contribution in [1.82, 2.24) is 12.3 Å². The van der Waals surface area contributed by atoms with Gasteiger partial charge in [-0.1, -0.05) is 12.8 Å². The van der Waals surface area contributed by atoms with E-state index in [4.69, 9.17) is 51.1 Å². The van der Waals surface area contributed by atoms with Gasteiger partial charge in [-0.15, -0.1) is 46.4 Å². The molecule has 198 valence electrons. The van der Waals surface area contributed by atoms with Gasteiger partial charge in [0, 0.05) is 0 Å². The molecule has 0 radical (unpaired) electrons. The summed E-state index contributed by atoms with van der Waals surface area (Å²) in [6, 6.07) is 0. The number of carboxylic acids is 4. The van der Waals surface area contributed by atoms with Crippen LogP contribution in [0.25, 0.3) is 0 Å². The molecule has 0 aromatic carbocycles. The minimum atomic E-state index is -1.23. The van der Waals surface area contributed by atoms with Crippen LogP contribution in [-0.4, -0.2) is 60.5 Å². The van der Waals surface area contributed by atoms with E-state index in [0.29, 0.717) is 0 Å². The van der Waals surface area contributed by atoms with Gasteiger partial charge in [0.25, 0.3) is 0 Å². The smallest absolute Gasteiger partial charge is 0.549 e. The molecule has 18 heteroatoms. The Morgan fingerprint density at radius 3 is 0.688 bits per heavy atom. The Balaban J connectivity index is -0.0000000291. The van der Waals surface area contributed by atoms with Crippen molar-refractivity contribution in [1.29, 1.82) is 0 Å². The largest absolute Gasteiger partial charge is 4.00 e. The van der Waals surface area contributed by atoms with E-state index >= 15 is 0 Å². The van der Waals surface area contributed by atoms with Crippen molar-refractivity contribution in [2.75, 3.05) is 36.6 Å². The van der Waals surface area contributed by atoms with E-state index in [2.05, 4.69) is 46.4 Å². The average molecular weight is 914 g/mol. The van der Waals surface area contributed by atoms with Crippen LogP contribution in [0.4, 0.5) is 0 Å². The molecule has 0 saturated heterocycles. The SMILES string of the molecule is N.N.NCCCCCCN.O=C([O-])CCl.O=C([O-])CCl.O=C([O-])CCl.O=C([O-])CCl.[Pt+4].[Pt+4]. The first-order valence-electron chi connectivity index (χ1n) is 7.43. The van der Waals surface area contributed by atoms with Crippen LogP contribution in [-0.2, 0) is 61.3 Å². The maximum atomic E-state index is 9.12. The predicted octanol–water partition coefficient (Wildman–Crippen LogP) is -3.32. The van der Waals surface area contributed by atoms with Gasteiger partial charge in [0.15, 0.2) is 0 Å². The Morgan fingerprint density at radius 2 is 0.625 bits per heavy atom. The van der Waals surface area contributed by atoms with Gasteiger partial charge in [-0.25, -0.2) is 0 Å². The Morgan fingerprint density at radius 1 is 0.500 bits per heavy atom. The molecule has 0 rings (SSSR count). The maximum absolute atomic E-state index is 9.12. The van der Waals surface area contributed by atoms with Crippen LogP contribution >= 0.6 is 46.4 Å². The van der Waals surface area contributed by atoms with Crippen molar-refractivity contribution in [3.63, 3.8) is 0 Å². The number of nitrogens with two attached hydrogens (primary N) is 2. The van der Waals surface area contributed by atoms with Crippen molar-refractivity contribution in [2.24, 2.45) is 11.5 Å². The van der Waals surface area contributed by atoms with Gasteiger partial charge in [-0.3, -0.25) is 0 Å². The van der Waals surface area contributed by atoms with E-state index in [-0.39, 0.29) is 54.4 Å². The van der Waals surface area contributed by atoms with Crippen LogP contribution in [0.2, 0.25) is 0 Å². The van der Waals surface area contributed by atoms with Crippen LogP contribution in [0.3, 0.4) is 0 Å². The zero-order valence-electron chi connectivity index (χ0n) is 17.1. The van der Waals surface area contributed by atoms with Gasteiger partial charge in [0.05, 0.1) is 47.4 Å². The number of rotatable bonds is 9. The fourth-order valence-electron chi connectivity index (χ4n) is 0.642. The minimum Gasteiger partial charge on any atom is -0.549 e. The zero-order chi connectivity index (χ0) is 23.4. The van der Waals surface area contributed by atoms with Gasteiger partial charge < -0.3 is 63.4 Å². The summed E-state index contributed by atoms with van der Waals surface area (Å²) in [7, 11) is 0. The van der Waals surface area contributed by atoms with Crippen LogP contribution in [0, 0.1) is 0 Å². The van der Waals surface area contributed by atoms with Crippen LogP contribution in [0.15, 0.2) is 0 Å². The Kier molecular flexibility index (Phi) is 105. The molecule has 0 aromatic heterocycles. The summed E-state index contributed by atoms with van der Waals surface area (Å²) in [4.78, 5) is 36.5. The predicted molar refractivity (Wildman–Crippen MR) is 110 cm³/mol. The number of carbonyl (C=O) groups excluding carboxylic acids is 4. The van der Waals surface area contributed by atoms with Crippen molar-refractivity contribution in [3.8, 4) is 0 Å². The summed E-state index contributed by atoms with van der Waals surface area (Å²) in [6.07, 6.45) is 4.79. The second-order valence-electron chi connectivity index (χ2n) is 4.01. The summed E-state index contributed by atoms with van der Waals surface area (Å²) >= 11 is 18.7. The molecule has 0 aliphatic rings. The number of aliphatic carboxylic acids is 4. The molecule has 32 heavy (non-hydrogen) atoms. The summed E-state index contributed by atoms with van der Waals surface area (Å²) in [5.74, 6) is -6.59. The van der Waals surface area contributed by atoms with E-state index in [1.807, 2.05) is 0 Å². The van der Waals surface area contributed by atoms with Crippen molar-refractivity contribution < 1.29 is 81.7 Å². The molecule has 0 atom stereocenters. The molecular weight excluding hydrogens is 884 g/mol. The Bertz CT molecular complexity index is 333. The van der Waals surface area contributed by atoms with E-state index < -0.39 is 47.4 Å². The molecule has 0 aromatic rings. The molecule has 0 bridgehead atoms. The van der Waals surface area contributed by atoms with E-state index in [1.54, 1.807) is 0 Å². The van der Waals surface area contributed by atoms with Gasteiger partial charge >= 0.3 is 42.1 Å². The third-order valence-electron chi connectivity index (χ3n) is 1.59. The number of hydrogen-bond donors (Lipinski definition) is 4. The molecule has 12 nitrogen and oxygen atoms in total. The molecular formula is C14H30Cl4N4O8Pt2+4. The standard InChI is InChI=1S/C6H16N2.4C2H3ClO2.2H3N.2Pt/c7-5-3-1-2-4-6-8;4*3-1-2(4)5;;;;/h1-8H2;4*1H2,(H,4,5);2*1H3;;/q;;;;;;;2*+4/p-4. The van der Waals surface area contributed by atoms with Crippen molar-refractivity contribution in [2.45, 2.75) is 25.7 Å². The number of unbranched alkanes of at least 4 members (excludes halogenated alkanes) is 3. The number of halogens is 4. The summed E-state index contributed by atoms with van der Waals surface area (Å²) in [6.45, 7) is 1.65. The van der Waals surface area contributed by atoms with Crippen molar-refractivity contribution in [3.05, 3.63) is 0 Å². The minimum absolute atomic E-state index is 0. The summed E-state index contributed by atoms with van der Waals surface area (Å²) in [5.41, 5.74) is 10.6. The molecule has 0 saturated carbocycles. The van der Waals surface area contributed by atoms with E-state index in [1.165, 1.54) is 12.8 Å². The monoisotopic (exact) mass is 912 g/mol. The molecule has 0 amide bonds. The molecule has 0 spiro atoms. The van der Waals surface area contributed by atoms with E-state index in [9.17, 15) is 0 Å². The number of carbonyl (C=O) groups is 4. The Labute approximate surface area is 236 Å². The molecule has 0 aliphatic carbocycles. The summed E-state index contributed by atoms with van der Waals surface area (Å²) in [5, 5.41) is 36.5. The molecule has 0 heterocycles. The molecule has 10 N–H and O–H groups in total. The molecule has 0 aliphatic heterocycles. The molecule has 0 fully saturated rings. The van der Waals surface area contributed by atoms with Gasteiger partial charge in [-0.2, -0.15) is 0 Å². The third kappa shape index (κ3) is 147. The van der Waals surface area contributed by atoms with Crippen molar-refractivity contribution >= 4 is 70.3 Å². The number of hydrogen-bond acceptors (Lipinski definition) is 12. The average Bonchev–Trinajstić information content (AvgIpc) is 2.67. The van der Waals surface area contributed by atoms with Crippen LogP contribution in [0.5, 0.6) is 0 Å². The first-order valence-corrected chi connectivity index (χ1v) is 9.57. The third-order valence-corrected chi connectivity index (χ3v) is 2.47. The fourth-order valence-corrected chi connectivity index (χ4v) is 0.642. The number of carboxylic acid groups (broad SMARTS) is 4. The maximum Gasteiger partial charge on any atom is 4.00 e. The zero-order valence-corrected chi connectivity index (χ0v) is 24.6. The Hall–Kier alpha value is 0.257. The molecule has 0 unspecified atom stereocenters. The van der Waals surface area contributed by atoms with E-state index in [0.717, 1.165) is 25.9 Å². The topological polar surface area (TPSA) is 283 Å². The van der Waals surface area contributed by atoms with Crippen LogP contribution in [0.1, 0.15) is 25.7 Å². The van der Waals surface area contributed by atoms with Gasteiger partial charge in [0.2, 0.25) is 0 Å². The number of alkyl halides is 4. The fraction of sp³-hybridized carbons (Fsp3) is 0.714. The van der Waals surface area contributed by atoms with Gasteiger partial charge in [0.1, 0.15) is 0 Å². The summed E-state index contributed by atoms with van der Waals surface area (Å²) < 4.78 is 0. The first kappa shape index (κ1) is 58.3. The quantitative estimate of drug-likeness (QED) is 0.131. The second kappa shape index (κ2) is 57.8. The first-order chi connectivity index (χ1) is 13.0. The van der Waals surface area contributed by atoms with Gasteiger partial charge in [-0.05, 0) is 25.9 Å². The normalized spacial score (nSPS) is 7.06. The second-order valence-corrected chi connectivity index (χ2v) is 5.08.